The molecule has 2 aromatic rings. The van der Waals surface area contributed by atoms with Crippen molar-refractivity contribution in [3.63, 3.8) is 0 Å². The van der Waals surface area contributed by atoms with Gasteiger partial charge in [0.2, 0.25) is 0 Å². The number of aliphatic hydroxyl groups excluding tert-OH is 1. The second-order valence-corrected chi connectivity index (χ2v) is 8.36. The van der Waals surface area contributed by atoms with Crippen LogP contribution < -0.4 is 5.32 Å². The Labute approximate surface area is 178 Å². The van der Waals surface area contributed by atoms with E-state index in [2.05, 4.69) is 5.32 Å². The van der Waals surface area contributed by atoms with Gasteiger partial charge in [-0.2, -0.15) is 0 Å². The summed E-state index contributed by atoms with van der Waals surface area (Å²) in [6.45, 7) is 1.55. The molecule has 0 aromatic heterocycles. The minimum Gasteiger partial charge on any atom is -0.509 e. The average molecular weight is 434 g/mol. The van der Waals surface area contributed by atoms with Crippen molar-refractivity contribution in [2.45, 2.75) is 44.2 Å². The molecule has 1 saturated carbocycles. The molecule has 0 unspecified atom stereocenters. The first-order valence-corrected chi connectivity index (χ1v) is 10.2. The Morgan fingerprint density at radius 1 is 1.13 bits per heavy atom. The summed E-state index contributed by atoms with van der Waals surface area (Å²) in [5.74, 6) is -1.67. The number of amides is 1. The summed E-state index contributed by atoms with van der Waals surface area (Å²) in [6.07, 6.45) is 2.57. The molecular formula is C23H22ClF2NO3. The number of carbonyl (C=O) groups is 1. The average Bonchev–Trinajstić information content (AvgIpc) is 2.96. The number of hydrogen-bond donors (Lipinski definition) is 2. The fraction of sp³-hybridized carbons (Fsp3) is 0.348. The molecule has 0 bridgehead atoms. The van der Waals surface area contributed by atoms with E-state index in [1.165, 1.54) is 18.2 Å². The number of aliphatic hydroxyl groups is 1. The van der Waals surface area contributed by atoms with Crippen LogP contribution in [0.2, 0.25) is 5.02 Å². The van der Waals surface area contributed by atoms with Gasteiger partial charge in [-0.3, -0.25) is 4.79 Å². The maximum Gasteiger partial charge on any atom is 0.256 e. The van der Waals surface area contributed by atoms with Crippen molar-refractivity contribution >= 4 is 23.1 Å². The highest BCUT2D eigenvalue weighted by atomic mass is 35.5. The largest absolute Gasteiger partial charge is 0.509 e. The molecule has 1 aliphatic carbocycles. The third-order valence-corrected chi connectivity index (χ3v) is 6.56. The van der Waals surface area contributed by atoms with E-state index in [4.69, 9.17) is 16.3 Å². The standard InChI is InChI=1S/C23H22ClF2NO3/c1-12-16(9-14(11-18(12)25)13-3-4-17(24)19(26)10-13)20-21(28)23(27-22(20)29)7-5-15(30-2)6-8-23/h3-4,9-11,15,28H,5-8H2,1-2H3,(H,27,29)/t15-,23+. The number of methoxy groups -OCH3 is 1. The lowest BCUT2D eigenvalue weighted by Crippen LogP contribution is -2.48. The number of hydrogen-bond acceptors (Lipinski definition) is 3. The van der Waals surface area contributed by atoms with Crippen LogP contribution in [0.5, 0.6) is 0 Å². The third-order valence-electron chi connectivity index (χ3n) is 6.26. The fourth-order valence-corrected chi connectivity index (χ4v) is 4.52. The normalized spacial score (nSPS) is 23.9. The van der Waals surface area contributed by atoms with E-state index in [1.807, 2.05) is 0 Å². The van der Waals surface area contributed by atoms with E-state index in [0.717, 1.165) is 0 Å². The molecule has 2 aromatic carbocycles. The molecular weight excluding hydrogens is 412 g/mol. The Bertz CT molecular complexity index is 1060. The van der Waals surface area contributed by atoms with Crippen molar-refractivity contribution in [3.05, 3.63) is 63.9 Å². The predicted octanol–water partition coefficient (Wildman–Crippen LogP) is 5.32. The van der Waals surface area contributed by atoms with Crippen LogP contribution in [-0.2, 0) is 9.53 Å². The zero-order valence-electron chi connectivity index (χ0n) is 16.7. The molecule has 0 radical (unpaired) electrons. The predicted molar refractivity (Wildman–Crippen MR) is 111 cm³/mol. The molecule has 1 heterocycles. The van der Waals surface area contributed by atoms with Crippen molar-refractivity contribution in [1.82, 2.24) is 5.32 Å². The van der Waals surface area contributed by atoms with Gasteiger partial charge in [-0.15, -0.1) is 0 Å². The van der Waals surface area contributed by atoms with E-state index >= 15 is 0 Å². The van der Waals surface area contributed by atoms with Crippen LogP contribution in [0.4, 0.5) is 8.78 Å². The van der Waals surface area contributed by atoms with Crippen LogP contribution in [0, 0.1) is 18.6 Å². The molecule has 7 heteroatoms. The molecule has 1 aliphatic heterocycles. The molecule has 2 aliphatic rings. The lowest BCUT2D eigenvalue weighted by Gasteiger charge is -2.36. The Hall–Kier alpha value is -2.44. The topological polar surface area (TPSA) is 58.6 Å². The van der Waals surface area contributed by atoms with Crippen LogP contribution in [0.25, 0.3) is 16.7 Å². The smallest absolute Gasteiger partial charge is 0.256 e. The number of rotatable bonds is 3. The van der Waals surface area contributed by atoms with Crippen LogP contribution >= 0.6 is 11.6 Å². The van der Waals surface area contributed by atoms with Gasteiger partial charge in [0.05, 0.1) is 22.2 Å². The Morgan fingerprint density at radius 3 is 2.43 bits per heavy atom. The summed E-state index contributed by atoms with van der Waals surface area (Å²) in [4.78, 5) is 12.9. The highest BCUT2D eigenvalue weighted by molar-refractivity contribution is 6.30. The molecule has 1 spiro atoms. The van der Waals surface area contributed by atoms with Gasteiger partial charge in [0.15, 0.2) is 0 Å². The monoisotopic (exact) mass is 433 g/mol. The van der Waals surface area contributed by atoms with Gasteiger partial charge in [0.1, 0.15) is 17.4 Å². The van der Waals surface area contributed by atoms with Crippen LogP contribution in [-0.4, -0.2) is 29.8 Å². The Kier molecular flexibility index (Phi) is 5.32. The number of halogens is 3. The van der Waals surface area contributed by atoms with E-state index in [1.54, 1.807) is 26.2 Å². The Balaban J connectivity index is 1.80. The van der Waals surface area contributed by atoms with Crippen LogP contribution in [0.3, 0.4) is 0 Å². The Morgan fingerprint density at radius 2 is 1.80 bits per heavy atom. The quantitative estimate of drug-likeness (QED) is 0.688. The molecule has 4 nitrogen and oxygen atoms in total. The summed E-state index contributed by atoms with van der Waals surface area (Å²) >= 11 is 5.75. The fourth-order valence-electron chi connectivity index (χ4n) is 4.40. The van der Waals surface area contributed by atoms with Gasteiger partial charge in [0.25, 0.3) is 5.91 Å². The molecule has 4 rings (SSSR count). The van der Waals surface area contributed by atoms with Gasteiger partial charge < -0.3 is 15.2 Å². The second-order valence-electron chi connectivity index (χ2n) is 7.95. The first-order valence-electron chi connectivity index (χ1n) is 9.80. The van der Waals surface area contributed by atoms with Crippen molar-refractivity contribution in [3.8, 4) is 11.1 Å². The third kappa shape index (κ3) is 3.38. The first-order chi connectivity index (χ1) is 14.3. The zero-order chi connectivity index (χ0) is 21.6. The minimum absolute atomic E-state index is 0.0318. The maximum atomic E-state index is 14.8. The van der Waals surface area contributed by atoms with Crippen LogP contribution in [0.1, 0.15) is 36.8 Å². The minimum atomic E-state index is -0.854. The first kappa shape index (κ1) is 20.8. The number of nitrogens with one attached hydrogen (secondary N) is 1. The van der Waals surface area contributed by atoms with E-state index < -0.39 is 23.1 Å². The number of ether oxygens (including phenoxy) is 1. The van der Waals surface area contributed by atoms with Crippen LogP contribution in [0.15, 0.2) is 36.1 Å². The van der Waals surface area contributed by atoms with Gasteiger partial charge >= 0.3 is 0 Å². The van der Waals surface area contributed by atoms with Gasteiger partial charge in [0, 0.05) is 7.11 Å². The summed E-state index contributed by atoms with van der Waals surface area (Å²) in [5.41, 5.74) is 0.561. The molecule has 30 heavy (non-hydrogen) atoms. The van der Waals surface area contributed by atoms with E-state index in [0.29, 0.717) is 42.4 Å². The number of carbonyl (C=O) groups excluding carboxylic acids is 1. The second kappa shape index (κ2) is 7.67. The number of benzene rings is 2. The molecule has 2 N–H and O–H groups in total. The summed E-state index contributed by atoms with van der Waals surface area (Å²) in [7, 11) is 1.65. The molecule has 1 fully saturated rings. The zero-order valence-corrected chi connectivity index (χ0v) is 17.4. The molecule has 0 saturated heterocycles. The SMILES string of the molecule is CO[C@H]1CC[C@]2(CC1)NC(=O)C(c1cc(-c3ccc(Cl)c(F)c3)cc(F)c1C)=C2O. The summed E-state index contributed by atoms with van der Waals surface area (Å²) in [6, 6.07) is 7.08. The van der Waals surface area contributed by atoms with Gasteiger partial charge in [-0.25, -0.2) is 8.78 Å². The lowest BCUT2D eigenvalue weighted by molar-refractivity contribution is -0.116. The lowest BCUT2D eigenvalue weighted by atomic mass is 9.79. The highest BCUT2D eigenvalue weighted by Crippen LogP contribution is 2.43. The van der Waals surface area contributed by atoms with Crippen molar-refractivity contribution in [2.24, 2.45) is 0 Å². The molecule has 0 atom stereocenters. The highest BCUT2D eigenvalue weighted by Gasteiger charge is 2.48. The van der Waals surface area contributed by atoms with Crippen molar-refractivity contribution in [2.75, 3.05) is 7.11 Å². The van der Waals surface area contributed by atoms with E-state index in [9.17, 15) is 18.7 Å². The molecule has 1 amide bonds. The summed E-state index contributed by atoms with van der Waals surface area (Å²) < 4.78 is 34.1. The van der Waals surface area contributed by atoms with Crippen molar-refractivity contribution < 1.29 is 23.4 Å². The molecule has 158 valence electrons. The van der Waals surface area contributed by atoms with Gasteiger partial charge in [-0.05, 0) is 79.1 Å². The summed E-state index contributed by atoms with van der Waals surface area (Å²) in [5, 5.41) is 13.9. The van der Waals surface area contributed by atoms with E-state index in [-0.39, 0.29) is 28.0 Å². The van der Waals surface area contributed by atoms with Gasteiger partial charge in [-0.1, -0.05) is 17.7 Å². The maximum absolute atomic E-state index is 14.8. The van der Waals surface area contributed by atoms with Crippen molar-refractivity contribution in [1.29, 1.82) is 0 Å².